The number of nitrogens with zero attached hydrogens (tertiary/aromatic N) is 7. The first-order valence-corrected chi connectivity index (χ1v) is 10.6. The Morgan fingerprint density at radius 2 is 1.68 bits per heavy atom. The van der Waals surface area contributed by atoms with E-state index in [0.717, 1.165) is 75.0 Å². The van der Waals surface area contributed by atoms with Crippen molar-refractivity contribution in [2.75, 3.05) is 70.0 Å². The largest absolute Gasteiger partial charge is 0.368 e. The molecule has 4 rings (SSSR count). The lowest BCUT2D eigenvalue weighted by Gasteiger charge is -2.42. The zero-order chi connectivity index (χ0) is 21.8. The minimum absolute atomic E-state index is 0.257. The molecular weight excluding hydrogens is 390 g/mol. The third kappa shape index (κ3) is 4.86. The van der Waals surface area contributed by atoms with Crippen LogP contribution in [0.2, 0.25) is 0 Å². The summed E-state index contributed by atoms with van der Waals surface area (Å²) >= 11 is 0. The van der Waals surface area contributed by atoms with Crippen LogP contribution in [0.4, 0.5) is 11.8 Å². The van der Waals surface area contributed by atoms with Gasteiger partial charge in [0, 0.05) is 70.3 Å². The van der Waals surface area contributed by atoms with Gasteiger partial charge in [-0.25, -0.2) is 4.98 Å². The quantitative estimate of drug-likeness (QED) is 0.391. The highest BCUT2D eigenvalue weighted by Crippen LogP contribution is 2.22. The highest BCUT2D eigenvalue weighted by atomic mass is 15.4. The summed E-state index contributed by atoms with van der Waals surface area (Å²) in [6.45, 7) is 8.78. The van der Waals surface area contributed by atoms with Crippen molar-refractivity contribution in [3.8, 4) is 11.8 Å². The van der Waals surface area contributed by atoms with E-state index in [1.165, 1.54) is 0 Å². The molecule has 2 aliphatic heterocycles. The molecule has 162 valence electrons. The van der Waals surface area contributed by atoms with Gasteiger partial charge in [-0.2, -0.15) is 4.98 Å². The van der Waals surface area contributed by atoms with Gasteiger partial charge in [-0.1, -0.05) is 11.8 Å². The number of anilines is 2. The molecule has 4 heterocycles. The molecule has 0 spiro atoms. The fourth-order valence-electron chi connectivity index (χ4n) is 3.87. The average molecular weight is 420 g/mol. The molecule has 2 fully saturated rings. The third-order valence-corrected chi connectivity index (χ3v) is 5.76. The summed E-state index contributed by atoms with van der Waals surface area (Å²) in [7, 11) is 2.13. The normalized spacial score (nSPS) is 17.3. The average Bonchev–Trinajstić information content (AvgIpc) is 2.79. The van der Waals surface area contributed by atoms with E-state index < -0.39 is 0 Å². The Balaban J connectivity index is 1.48. The number of pyridine rings is 1. The fraction of sp³-hybridized carbons (Fsp3) is 0.455. The summed E-state index contributed by atoms with van der Waals surface area (Å²) in [5, 5.41) is 8.63. The molecule has 9 nitrogen and oxygen atoms in total. The van der Waals surface area contributed by atoms with Gasteiger partial charge < -0.3 is 25.3 Å². The number of likely N-dealkylation sites (N-methyl/N-ethyl adjacent to an activating group) is 1. The van der Waals surface area contributed by atoms with Crippen molar-refractivity contribution in [2.24, 2.45) is 0 Å². The Kier molecular flexibility index (Phi) is 6.18. The number of hydrogen-bond acceptors (Lipinski definition) is 7. The Morgan fingerprint density at radius 1 is 1.00 bits per heavy atom. The number of aromatic nitrogens is 3. The van der Waals surface area contributed by atoms with Crippen LogP contribution in [-0.4, -0.2) is 95.0 Å². The predicted molar refractivity (Wildman–Crippen MR) is 122 cm³/mol. The number of nitrogens with one attached hydrogen (secondary N) is 1. The lowest BCUT2D eigenvalue weighted by atomic mass is 10.1. The number of piperazine rings is 2. The number of nitrogens with two attached hydrogens (primary N) is 1. The van der Waals surface area contributed by atoms with Crippen molar-refractivity contribution >= 4 is 17.7 Å². The van der Waals surface area contributed by atoms with Crippen molar-refractivity contribution < 1.29 is 0 Å². The molecule has 0 aliphatic carbocycles. The van der Waals surface area contributed by atoms with Gasteiger partial charge in [0.25, 0.3) is 0 Å². The van der Waals surface area contributed by atoms with Crippen molar-refractivity contribution in [1.29, 1.82) is 5.41 Å². The Hall–Kier alpha value is -3.38. The minimum Gasteiger partial charge on any atom is -0.368 e. The Morgan fingerprint density at radius 3 is 2.32 bits per heavy atom. The molecule has 2 aromatic heterocycles. The third-order valence-electron chi connectivity index (χ3n) is 5.76. The number of hydrogen-bond donors (Lipinski definition) is 2. The highest BCUT2D eigenvalue weighted by Gasteiger charge is 2.26. The maximum absolute atomic E-state index is 8.63. The van der Waals surface area contributed by atoms with Crippen LogP contribution >= 0.6 is 0 Å². The summed E-state index contributed by atoms with van der Waals surface area (Å²) in [6.07, 6.45) is 3.47. The van der Waals surface area contributed by atoms with E-state index in [-0.39, 0.29) is 5.95 Å². The Labute approximate surface area is 183 Å². The monoisotopic (exact) mass is 419 g/mol. The van der Waals surface area contributed by atoms with Gasteiger partial charge in [0.1, 0.15) is 5.82 Å². The minimum atomic E-state index is 0.257. The summed E-state index contributed by atoms with van der Waals surface area (Å²) < 4.78 is 0. The maximum Gasteiger partial charge on any atom is 0.222 e. The molecule has 0 radical (unpaired) electrons. The smallest absolute Gasteiger partial charge is 0.222 e. The molecular formula is C22H29N9. The van der Waals surface area contributed by atoms with Gasteiger partial charge in [-0.3, -0.25) is 10.4 Å². The molecule has 0 bridgehead atoms. The van der Waals surface area contributed by atoms with E-state index >= 15 is 0 Å². The van der Waals surface area contributed by atoms with E-state index in [4.69, 9.17) is 11.1 Å². The van der Waals surface area contributed by atoms with E-state index in [2.05, 4.69) is 53.4 Å². The Bertz CT molecular complexity index is 979. The number of nitrogen functional groups attached to an aromatic ring is 1. The zero-order valence-electron chi connectivity index (χ0n) is 18.2. The molecule has 0 atom stereocenters. The standard InChI is InChI=1S/C22H29N9/c1-17-19(6-5-18-4-3-7-25-16-18)20(27-21(23)26-17)29-12-14-31(15-13-29)22(24)30-10-8-28(2)9-11-30/h3-4,7,16,24H,8-15H2,1-2H3,(H2,23,26,27). The maximum atomic E-state index is 8.63. The first-order chi connectivity index (χ1) is 15.0. The molecule has 0 amide bonds. The zero-order valence-corrected chi connectivity index (χ0v) is 18.2. The molecule has 2 aromatic rings. The molecule has 0 saturated carbocycles. The highest BCUT2D eigenvalue weighted by molar-refractivity contribution is 5.77. The van der Waals surface area contributed by atoms with Crippen LogP contribution in [0.15, 0.2) is 24.5 Å². The SMILES string of the molecule is Cc1nc(N)nc(N2CCN(C(=N)N3CCN(C)CC3)CC2)c1C#Cc1cccnc1. The summed E-state index contributed by atoms with van der Waals surface area (Å²) in [5.74, 6) is 8.04. The van der Waals surface area contributed by atoms with Crippen LogP contribution in [-0.2, 0) is 0 Å². The molecule has 31 heavy (non-hydrogen) atoms. The number of guanidine groups is 1. The van der Waals surface area contributed by atoms with Gasteiger partial charge in [0.15, 0.2) is 5.96 Å². The van der Waals surface area contributed by atoms with Crippen molar-refractivity contribution in [1.82, 2.24) is 29.7 Å². The van der Waals surface area contributed by atoms with Crippen LogP contribution in [0.1, 0.15) is 16.8 Å². The van der Waals surface area contributed by atoms with Crippen LogP contribution in [0.5, 0.6) is 0 Å². The predicted octanol–water partition coefficient (Wildman–Crippen LogP) is 0.466. The van der Waals surface area contributed by atoms with E-state index in [9.17, 15) is 0 Å². The van der Waals surface area contributed by atoms with Crippen LogP contribution in [0, 0.1) is 24.2 Å². The second-order valence-electron chi connectivity index (χ2n) is 7.95. The number of rotatable bonds is 1. The van der Waals surface area contributed by atoms with Crippen molar-refractivity contribution in [3.05, 3.63) is 41.3 Å². The van der Waals surface area contributed by atoms with E-state index in [0.29, 0.717) is 5.96 Å². The van der Waals surface area contributed by atoms with E-state index in [1.807, 2.05) is 19.1 Å². The fourth-order valence-corrected chi connectivity index (χ4v) is 3.87. The molecule has 0 unspecified atom stereocenters. The van der Waals surface area contributed by atoms with Gasteiger partial charge in [0.05, 0.1) is 11.3 Å². The van der Waals surface area contributed by atoms with Crippen LogP contribution < -0.4 is 10.6 Å². The first kappa shape index (κ1) is 20.9. The lowest BCUT2D eigenvalue weighted by molar-refractivity contribution is 0.192. The van der Waals surface area contributed by atoms with E-state index in [1.54, 1.807) is 12.4 Å². The molecule has 9 heteroatoms. The second-order valence-corrected chi connectivity index (χ2v) is 7.95. The van der Waals surface area contributed by atoms with Gasteiger partial charge in [-0.15, -0.1) is 0 Å². The van der Waals surface area contributed by atoms with Gasteiger partial charge in [0.2, 0.25) is 5.95 Å². The topological polar surface area (TPSA) is 101 Å². The van der Waals surface area contributed by atoms with Crippen LogP contribution in [0.3, 0.4) is 0 Å². The second kappa shape index (κ2) is 9.18. The molecule has 2 saturated heterocycles. The summed E-state index contributed by atoms with van der Waals surface area (Å²) in [6, 6.07) is 3.79. The number of aryl methyl sites for hydroxylation is 1. The van der Waals surface area contributed by atoms with Crippen molar-refractivity contribution in [2.45, 2.75) is 6.92 Å². The lowest BCUT2D eigenvalue weighted by Crippen LogP contribution is -2.57. The van der Waals surface area contributed by atoms with Gasteiger partial charge >= 0.3 is 0 Å². The molecule has 2 aliphatic rings. The summed E-state index contributed by atoms with van der Waals surface area (Å²) in [4.78, 5) is 21.8. The van der Waals surface area contributed by atoms with Crippen LogP contribution in [0.25, 0.3) is 0 Å². The van der Waals surface area contributed by atoms with Gasteiger partial charge in [-0.05, 0) is 26.1 Å². The molecule has 0 aromatic carbocycles. The van der Waals surface area contributed by atoms with Crippen molar-refractivity contribution in [3.63, 3.8) is 0 Å². The summed E-state index contributed by atoms with van der Waals surface area (Å²) in [5.41, 5.74) is 8.37. The first-order valence-electron chi connectivity index (χ1n) is 10.6. The molecule has 3 N–H and O–H groups in total.